The van der Waals surface area contributed by atoms with Gasteiger partial charge in [-0.3, -0.25) is 19.3 Å². The standard InChI is InChI=1S/C23H22N2O5S/c1-14(2)16-5-3-15(4-6-16)11-20-22(27)25(23(28)31-20)13-21(26)24-17-7-8-18-19(12-17)30-10-9-29-18/h3-8,11-12,14H,9-10,13H2,1-2H3,(H,24,26)/b20-11+. The van der Waals surface area contributed by atoms with Gasteiger partial charge in [0.15, 0.2) is 11.5 Å². The number of carbonyl (C=O) groups is 3. The zero-order valence-electron chi connectivity index (χ0n) is 17.2. The molecule has 160 valence electrons. The second-order valence-corrected chi connectivity index (χ2v) is 8.49. The summed E-state index contributed by atoms with van der Waals surface area (Å²) in [6, 6.07) is 12.9. The smallest absolute Gasteiger partial charge is 0.294 e. The highest BCUT2D eigenvalue weighted by Gasteiger charge is 2.36. The SMILES string of the molecule is CC(C)c1ccc(/C=C2/SC(=O)N(CC(=O)Nc3ccc4c(c3)OCCO4)C2=O)cc1. The number of nitrogens with zero attached hydrogens (tertiary/aromatic N) is 1. The van der Waals surface area contributed by atoms with Crippen molar-refractivity contribution in [3.63, 3.8) is 0 Å². The third kappa shape index (κ3) is 4.74. The van der Waals surface area contributed by atoms with E-state index < -0.39 is 17.1 Å². The molecule has 2 aromatic carbocycles. The normalized spacial score (nSPS) is 16.9. The Balaban J connectivity index is 1.41. The van der Waals surface area contributed by atoms with Crippen LogP contribution in [0.1, 0.15) is 30.9 Å². The summed E-state index contributed by atoms with van der Waals surface area (Å²) in [4.78, 5) is 38.7. The molecule has 0 aromatic heterocycles. The second-order valence-electron chi connectivity index (χ2n) is 7.50. The molecule has 8 heteroatoms. The number of rotatable bonds is 5. The highest BCUT2D eigenvalue weighted by Crippen LogP contribution is 2.34. The van der Waals surface area contributed by atoms with Crippen molar-refractivity contribution < 1.29 is 23.9 Å². The van der Waals surface area contributed by atoms with Gasteiger partial charge in [-0.1, -0.05) is 38.1 Å². The summed E-state index contributed by atoms with van der Waals surface area (Å²) in [5.41, 5.74) is 2.53. The average molecular weight is 439 g/mol. The topological polar surface area (TPSA) is 84.9 Å². The molecule has 0 bridgehead atoms. The molecule has 1 saturated heterocycles. The lowest BCUT2D eigenvalue weighted by Gasteiger charge is -2.19. The van der Waals surface area contributed by atoms with Gasteiger partial charge in [-0.15, -0.1) is 0 Å². The van der Waals surface area contributed by atoms with Crippen molar-refractivity contribution in [3.05, 3.63) is 58.5 Å². The summed E-state index contributed by atoms with van der Waals surface area (Å²) >= 11 is 0.836. The van der Waals surface area contributed by atoms with Gasteiger partial charge in [0, 0.05) is 11.8 Å². The Hall–Kier alpha value is -3.26. The van der Waals surface area contributed by atoms with Crippen LogP contribution in [0.4, 0.5) is 10.5 Å². The first kappa shape index (κ1) is 21.0. The van der Waals surface area contributed by atoms with Crippen LogP contribution in [0.15, 0.2) is 47.4 Å². The molecule has 4 rings (SSSR count). The van der Waals surface area contributed by atoms with Gasteiger partial charge in [-0.2, -0.15) is 0 Å². The maximum atomic E-state index is 12.7. The van der Waals surface area contributed by atoms with E-state index in [4.69, 9.17) is 9.47 Å². The van der Waals surface area contributed by atoms with Crippen molar-refractivity contribution in [1.82, 2.24) is 4.90 Å². The second kappa shape index (κ2) is 8.85. The number of anilines is 1. The molecule has 1 fully saturated rings. The summed E-state index contributed by atoms with van der Waals surface area (Å²) in [6.07, 6.45) is 1.67. The van der Waals surface area contributed by atoms with Gasteiger partial charge in [0.2, 0.25) is 5.91 Å². The van der Waals surface area contributed by atoms with Crippen LogP contribution >= 0.6 is 11.8 Å². The summed E-state index contributed by atoms with van der Waals surface area (Å²) in [5, 5.41) is 2.23. The Labute approximate surface area is 184 Å². The molecule has 31 heavy (non-hydrogen) atoms. The van der Waals surface area contributed by atoms with Gasteiger partial charge in [0.1, 0.15) is 19.8 Å². The van der Waals surface area contributed by atoms with E-state index in [0.717, 1.165) is 22.2 Å². The maximum Gasteiger partial charge on any atom is 0.294 e. The molecule has 0 radical (unpaired) electrons. The van der Waals surface area contributed by atoms with Crippen molar-refractivity contribution in [1.29, 1.82) is 0 Å². The molecular formula is C23H22N2O5S. The van der Waals surface area contributed by atoms with Gasteiger partial charge < -0.3 is 14.8 Å². The van der Waals surface area contributed by atoms with Gasteiger partial charge in [-0.05, 0) is 47.0 Å². The highest BCUT2D eigenvalue weighted by atomic mass is 32.2. The summed E-state index contributed by atoms with van der Waals surface area (Å²) in [5.74, 6) is 0.624. The Morgan fingerprint density at radius 3 is 2.52 bits per heavy atom. The van der Waals surface area contributed by atoms with E-state index >= 15 is 0 Å². The minimum absolute atomic E-state index is 0.300. The lowest BCUT2D eigenvalue weighted by atomic mass is 10.0. The Morgan fingerprint density at radius 1 is 1.10 bits per heavy atom. The molecule has 1 N–H and O–H groups in total. The maximum absolute atomic E-state index is 12.7. The molecule has 7 nitrogen and oxygen atoms in total. The quantitative estimate of drug-likeness (QED) is 0.703. The first-order valence-electron chi connectivity index (χ1n) is 9.95. The minimum atomic E-state index is -0.472. The number of hydrogen-bond acceptors (Lipinski definition) is 6. The highest BCUT2D eigenvalue weighted by molar-refractivity contribution is 8.18. The third-order valence-corrected chi connectivity index (χ3v) is 5.81. The van der Waals surface area contributed by atoms with Crippen LogP contribution in [0.3, 0.4) is 0 Å². The van der Waals surface area contributed by atoms with Crippen LogP contribution in [0.2, 0.25) is 0 Å². The largest absolute Gasteiger partial charge is 0.486 e. The fraction of sp³-hybridized carbons (Fsp3) is 0.261. The van der Waals surface area contributed by atoms with Crippen LogP contribution in [0.5, 0.6) is 11.5 Å². The number of thioether (sulfide) groups is 1. The first-order valence-corrected chi connectivity index (χ1v) is 10.8. The molecule has 0 spiro atoms. The van der Waals surface area contributed by atoms with Crippen LogP contribution in [0.25, 0.3) is 6.08 Å². The molecule has 0 aliphatic carbocycles. The summed E-state index contributed by atoms with van der Waals surface area (Å²) < 4.78 is 11.0. The molecule has 0 atom stereocenters. The van der Waals surface area contributed by atoms with Gasteiger partial charge in [0.25, 0.3) is 11.1 Å². The molecule has 2 heterocycles. The number of nitrogens with one attached hydrogen (secondary N) is 1. The van der Waals surface area contributed by atoms with Crippen LogP contribution in [0, 0.1) is 0 Å². The van der Waals surface area contributed by atoms with E-state index in [-0.39, 0.29) is 6.54 Å². The molecule has 2 aliphatic heterocycles. The lowest BCUT2D eigenvalue weighted by molar-refractivity contribution is -0.127. The van der Waals surface area contributed by atoms with E-state index in [9.17, 15) is 14.4 Å². The van der Waals surface area contributed by atoms with Gasteiger partial charge >= 0.3 is 0 Å². The number of imide groups is 1. The molecule has 3 amide bonds. The third-order valence-electron chi connectivity index (χ3n) is 4.90. The van der Waals surface area contributed by atoms with E-state index in [1.165, 1.54) is 5.56 Å². The van der Waals surface area contributed by atoms with Crippen molar-refractivity contribution in [2.24, 2.45) is 0 Å². The monoisotopic (exact) mass is 438 g/mol. The number of fused-ring (bicyclic) bond motifs is 1. The number of hydrogen-bond donors (Lipinski definition) is 1. The van der Waals surface area contributed by atoms with E-state index in [1.807, 2.05) is 24.3 Å². The van der Waals surface area contributed by atoms with Gasteiger partial charge in [0.05, 0.1) is 4.91 Å². The lowest BCUT2D eigenvalue weighted by Crippen LogP contribution is -2.36. The zero-order valence-corrected chi connectivity index (χ0v) is 18.0. The molecule has 0 unspecified atom stereocenters. The van der Waals surface area contributed by atoms with E-state index in [2.05, 4.69) is 19.2 Å². The molecule has 0 saturated carbocycles. The summed E-state index contributed by atoms with van der Waals surface area (Å²) in [7, 11) is 0. The first-order chi connectivity index (χ1) is 14.9. The predicted octanol–water partition coefficient (Wildman–Crippen LogP) is 4.26. The number of carbonyl (C=O) groups excluding carboxylic acids is 3. The van der Waals surface area contributed by atoms with E-state index in [1.54, 1.807) is 24.3 Å². The summed E-state index contributed by atoms with van der Waals surface area (Å²) in [6.45, 7) is 4.77. The minimum Gasteiger partial charge on any atom is -0.486 e. The van der Waals surface area contributed by atoms with Crippen LogP contribution in [-0.4, -0.2) is 41.7 Å². The fourth-order valence-corrected chi connectivity index (χ4v) is 4.07. The van der Waals surface area contributed by atoms with Crippen LogP contribution < -0.4 is 14.8 Å². The number of amides is 3. The van der Waals surface area contributed by atoms with Crippen molar-refractivity contribution in [2.75, 3.05) is 25.1 Å². The van der Waals surface area contributed by atoms with Crippen molar-refractivity contribution >= 4 is 40.6 Å². The predicted molar refractivity (Wildman–Crippen MR) is 119 cm³/mol. The Morgan fingerprint density at radius 2 is 1.81 bits per heavy atom. The van der Waals surface area contributed by atoms with Crippen LogP contribution in [-0.2, 0) is 9.59 Å². The zero-order chi connectivity index (χ0) is 22.0. The Bertz CT molecular complexity index is 1060. The molecule has 2 aliphatic rings. The van der Waals surface area contributed by atoms with E-state index in [0.29, 0.717) is 41.2 Å². The number of benzene rings is 2. The van der Waals surface area contributed by atoms with Crippen molar-refractivity contribution in [2.45, 2.75) is 19.8 Å². The van der Waals surface area contributed by atoms with Crippen molar-refractivity contribution in [3.8, 4) is 11.5 Å². The average Bonchev–Trinajstić information content (AvgIpc) is 3.01. The van der Waals surface area contributed by atoms with Gasteiger partial charge in [-0.25, -0.2) is 0 Å². The fourth-order valence-electron chi connectivity index (χ4n) is 3.23. The molecular weight excluding hydrogens is 416 g/mol. The number of ether oxygens (including phenoxy) is 2. The Kier molecular flexibility index (Phi) is 5.99. The molecule has 2 aromatic rings.